The zero-order valence-electron chi connectivity index (χ0n) is 11.5. The average molecular weight is 232 g/mol. The molecule has 0 aliphatic carbocycles. The third kappa shape index (κ3) is 7.48. The van der Waals surface area contributed by atoms with Crippen molar-refractivity contribution in [3.8, 4) is 0 Å². The van der Waals surface area contributed by atoms with Gasteiger partial charge in [-0.3, -0.25) is 0 Å². The summed E-state index contributed by atoms with van der Waals surface area (Å²) >= 11 is 0. The van der Waals surface area contributed by atoms with E-state index < -0.39 is 0 Å². The molecule has 17 heavy (non-hydrogen) atoms. The van der Waals surface area contributed by atoms with Crippen molar-refractivity contribution < 1.29 is 0 Å². The minimum Gasteiger partial charge on any atom is -0.219 e. The molecule has 0 aromatic heterocycles. The lowest BCUT2D eigenvalue weighted by Crippen LogP contribution is -2.19. The van der Waals surface area contributed by atoms with Crippen LogP contribution in [0.1, 0.15) is 47.0 Å². The Morgan fingerprint density at radius 1 is 1.35 bits per heavy atom. The average Bonchev–Trinajstić information content (AvgIpc) is 2.30. The Hall–Kier alpha value is -1.40. The molecule has 0 saturated heterocycles. The highest BCUT2D eigenvalue weighted by Crippen LogP contribution is 2.20. The third-order valence-electron chi connectivity index (χ3n) is 2.68. The standard InChI is InChI=1S/C15H24N2/c1-6-9-10-11-14(4)16-13-17-15(5,8-3)12-7-2/h6,9-11H,1,7-8,12H2,2-5H3/b10-9-,14-11+. The Labute approximate surface area is 106 Å². The monoisotopic (exact) mass is 232 g/mol. The van der Waals surface area contributed by atoms with Crippen LogP contribution in [0.25, 0.3) is 0 Å². The van der Waals surface area contributed by atoms with Crippen LogP contribution in [0.5, 0.6) is 0 Å². The van der Waals surface area contributed by atoms with Crippen LogP contribution in [0.4, 0.5) is 0 Å². The van der Waals surface area contributed by atoms with Gasteiger partial charge >= 0.3 is 0 Å². The van der Waals surface area contributed by atoms with E-state index in [4.69, 9.17) is 0 Å². The molecule has 0 amide bonds. The minimum absolute atomic E-state index is 0.0184. The highest BCUT2D eigenvalue weighted by Gasteiger charge is 2.18. The van der Waals surface area contributed by atoms with Crippen LogP contribution in [0.3, 0.4) is 0 Å². The van der Waals surface area contributed by atoms with Crippen LogP contribution in [-0.2, 0) is 0 Å². The smallest absolute Gasteiger partial charge is 0.0951 e. The number of aliphatic imine (C=N–C) groups is 2. The molecule has 0 fully saturated rings. The maximum absolute atomic E-state index is 4.43. The Morgan fingerprint density at radius 2 is 2.06 bits per heavy atom. The van der Waals surface area contributed by atoms with Gasteiger partial charge in [-0.2, -0.15) is 4.99 Å². The van der Waals surface area contributed by atoms with E-state index in [0.717, 1.165) is 25.0 Å². The minimum atomic E-state index is -0.0184. The molecule has 1 unspecified atom stereocenters. The molecule has 0 aliphatic rings. The molecule has 0 radical (unpaired) electrons. The predicted molar refractivity (Wildman–Crippen MR) is 76.6 cm³/mol. The largest absolute Gasteiger partial charge is 0.219 e. The summed E-state index contributed by atoms with van der Waals surface area (Å²) < 4.78 is 0. The fourth-order valence-corrected chi connectivity index (χ4v) is 1.39. The van der Waals surface area contributed by atoms with Crippen molar-refractivity contribution in [2.45, 2.75) is 52.5 Å². The summed E-state index contributed by atoms with van der Waals surface area (Å²) in [6.45, 7) is 12.0. The number of rotatable bonds is 7. The summed E-state index contributed by atoms with van der Waals surface area (Å²) in [4.78, 5) is 8.60. The van der Waals surface area contributed by atoms with E-state index in [2.05, 4.69) is 43.3 Å². The van der Waals surface area contributed by atoms with Crippen LogP contribution in [0, 0.1) is 0 Å². The van der Waals surface area contributed by atoms with Crippen molar-refractivity contribution in [1.29, 1.82) is 0 Å². The van der Waals surface area contributed by atoms with Gasteiger partial charge in [0.2, 0.25) is 0 Å². The lowest BCUT2D eigenvalue weighted by molar-refractivity contribution is 0.419. The first kappa shape index (κ1) is 15.6. The molecular weight excluding hydrogens is 208 g/mol. The second-order valence-electron chi connectivity index (χ2n) is 4.35. The van der Waals surface area contributed by atoms with Crippen molar-refractivity contribution in [3.63, 3.8) is 0 Å². The van der Waals surface area contributed by atoms with Gasteiger partial charge in [0.25, 0.3) is 0 Å². The maximum atomic E-state index is 4.43. The van der Waals surface area contributed by atoms with E-state index in [0.29, 0.717) is 0 Å². The molecule has 0 aromatic carbocycles. The van der Waals surface area contributed by atoms with Crippen LogP contribution >= 0.6 is 0 Å². The molecule has 0 aliphatic heterocycles. The van der Waals surface area contributed by atoms with Gasteiger partial charge in [0, 0.05) is 5.70 Å². The Bertz CT molecular complexity index is 344. The zero-order valence-corrected chi connectivity index (χ0v) is 11.5. The van der Waals surface area contributed by atoms with Crippen LogP contribution < -0.4 is 0 Å². The second kappa shape index (κ2) is 8.72. The van der Waals surface area contributed by atoms with Gasteiger partial charge in [0.1, 0.15) is 0 Å². The highest BCUT2D eigenvalue weighted by atomic mass is 14.9. The van der Waals surface area contributed by atoms with Crippen molar-refractivity contribution in [2.24, 2.45) is 9.98 Å². The number of hydrogen-bond donors (Lipinski definition) is 0. The molecule has 2 nitrogen and oxygen atoms in total. The van der Waals surface area contributed by atoms with Gasteiger partial charge in [-0.1, -0.05) is 45.1 Å². The fraction of sp³-hybridized carbons (Fsp3) is 0.533. The van der Waals surface area contributed by atoms with Gasteiger partial charge in [0.05, 0.1) is 11.5 Å². The molecule has 0 spiro atoms. The van der Waals surface area contributed by atoms with Crippen molar-refractivity contribution in [3.05, 3.63) is 36.6 Å². The molecule has 2 heteroatoms. The second-order valence-corrected chi connectivity index (χ2v) is 4.35. The fourth-order valence-electron chi connectivity index (χ4n) is 1.39. The topological polar surface area (TPSA) is 24.7 Å². The maximum Gasteiger partial charge on any atom is 0.0951 e. The number of nitrogens with zero attached hydrogens (tertiary/aromatic N) is 2. The molecule has 0 heterocycles. The first-order valence-corrected chi connectivity index (χ1v) is 6.21. The zero-order chi connectivity index (χ0) is 13.1. The first-order valence-electron chi connectivity index (χ1n) is 6.21. The quantitative estimate of drug-likeness (QED) is 0.446. The van der Waals surface area contributed by atoms with E-state index >= 15 is 0 Å². The summed E-state index contributed by atoms with van der Waals surface area (Å²) in [5, 5.41) is 0. The van der Waals surface area contributed by atoms with Gasteiger partial charge < -0.3 is 0 Å². The normalized spacial score (nSPS) is 15.2. The van der Waals surface area contributed by atoms with Crippen molar-refractivity contribution in [1.82, 2.24) is 0 Å². The number of allylic oxidation sites excluding steroid dienone is 5. The van der Waals surface area contributed by atoms with Crippen LogP contribution in [0.15, 0.2) is 46.6 Å². The van der Waals surface area contributed by atoms with Crippen LogP contribution in [-0.4, -0.2) is 11.5 Å². The summed E-state index contributed by atoms with van der Waals surface area (Å²) in [6, 6.07) is 2.81. The molecule has 0 bridgehead atoms. The first-order chi connectivity index (χ1) is 8.08. The molecule has 0 rings (SSSR count). The molecule has 0 saturated carbocycles. The predicted octanol–water partition coefficient (Wildman–Crippen LogP) is 4.78. The van der Waals surface area contributed by atoms with Gasteiger partial charge in [-0.05, 0) is 32.8 Å². The van der Waals surface area contributed by atoms with Gasteiger partial charge in [-0.25, -0.2) is 4.99 Å². The number of hydrogen-bond acceptors (Lipinski definition) is 2. The van der Waals surface area contributed by atoms with Crippen molar-refractivity contribution in [2.75, 3.05) is 0 Å². The SMILES string of the molecule is C=C/C=C\C=C(/C)N=C=NC(C)(CC)CCC. The Balaban J connectivity index is 4.63. The van der Waals surface area contributed by atoms with E-state index in [1.54, 1.807) is 6.08 Å². The van der Waals surface area contributed by atoms with Gasteiger partial charge in [0.15, 0.2) is 0 Å². The van der Waals surface area contributed by atoms with E-state index in [9.17, 15) is 0 Å². The summed E-state index contributed by atoms with van der Waals surface area (Å²) in [7, 11) is 0. The van der Waals surface area contributed by atoms with Crippen molar-refractivity contribution >= 4 is 6.01 Å². The molecular formula is C15H24N2. The molecule has 1 atom stereocenters. The summed E-state index contributed by atoms with van der Waals surface area (Å²) in [5.74, 6) is 0. The third-order valence-corrected chi connectivity index (χ3v) is 2.68. The Morgan fingerprint density at radius 3 is 2.59 bits per heavy atom. The summed E-state index contributed by atoms with van der Waals surface area (Å²) in [5.41, 5.74) is 0.872. The van der Waals surface area contributed by atoms with E-state index in [1.165, 1.54) is 0 Å². The molecule has 0 N–H and O–H groups in total. The molecule has 0 aromatic rings. The lowest BCUT2D eigenvalue weighted by Gasteiger charge is -2.20. The highest BCUT2D eigenvalue weighted by molar-refractivity contribution is 5.45. The lowest BCUT2D eigenvalue weighted by atomic mass is 9.94. The van der Waals surface area contributed by atoms with E-state index in [-0.39, 0.29) is 5.54 Å². The molecule has 94 valence electrons. The Kier molecular flexibility index (Phi) is 8.00. The summed E-state index contributed by atoms with van der Waals surface area (Å²) in [6.07, 6.45) is 10.6. The van der Waals surface area contributed by atoms with Crippen LogP contribution in [0.2, 0.25) is 0 Å². The van der Waals surface area contributed by atoms with E-state index in [1.807, 2.05) is 25.2 Å². The van der Waals surface area contributed by atoms with Gasteiger partial charge in [-0.15, -0.1) is 0 Å².